The number of carbonyl (C=O) groups excluding carboxylic acids is 1. The molecule has 3 rings (SSSR count). The van der Waals surface area contributed by atoms with Crippen LogP contribution in [0, 0.1) is 0 Å². The molecule has 180 valence electrons. The average Bonchev–Trinajstić information content (AvgIpc) is 3.29. The van der Waals surface area contributed by atoms with Crippen LogP contribution in [0.15, 0.2) is 29.7 Å². The molecule has 1 N–H and O–H groups in total. The van der Waals surface area contributed by atoms with Crippen molar-refractivity contribution >= 4 is 11.9 Å². The molecule has 0 saturated carbocycles. The fourth-order valence-corrected chi connectivity index (χ4v) is 4.11. The van der Waals surface area contributed by atoms with Crippen LogP contribution in [0.4, 0.5) is 5.95 Å². The highest BCUT2D eigenvalue weighted by atomic mass is 16.5. The van der Waals surface area contributed by atoms with Gasteiger partial charge in [-0.25, -0.2) is 9.48 Å². The van der Waals surface area contributed by atoms with Gasteiger partial charge in [-0.15, -0.1) is 0 Å². The second-order valence-corrected chi connectivity index (χ2v) is 7.92. The van der Waals surface area contributed by atoms with Crippen LogP contribution >= 0.6 is 0 Å². The molecule has 1 aromatic carbocycles. The average molecular weight is 459 g/mol. The van der Waals surface area contributed by atoms with Gasteiger partial charge in [-0.2, -0.15) is 10.1 Å². The van der Waals surface area contributed by atoms with Crippen LogP contribution in [-0.2, 0) is 9.53 Å². The number of hydrogen-bond acceptors (Lipinski definition) is 8. The first-order valence-electron chi connectivity index (χ1n) is 11.4. The van der Waals surface area contributed by atoms with Crippen molar-refractivity contribution in [2.45, 2.75) is 58.4 Å². The van der Waals surface area contributed by atoms with Crippen LogP contribution in [0.5, 0.6) is 17.2 Å². The zero-order valence-electron chi connectivity index (χ0n) is 20.1. The molecule has 0 saturated heterocycles. The van der Waals surface area contributed by atoms with Gasteiger partial charge in [-0.3, -0.25) is 0 Å². The van der Waals surface area contributed by atoms with Gasteiger partial charge in [0.2, 0.25) is 11.7 Å². The van der Waals surface area contributed by atoms with E-state index in [2.05, 4.69) is 22.3 Å². The molecular formula is C24H34N4O5. The Bertz CT molecular complexity index is 985. The SMILES string of the molecule is CCCCCCCCOC(=O)C1=C(C)Nc2ncnn2C1c1ccc(OC)c(OC)c1OC. The number of fused-ring (bicyclic) bond motifs is 1. The Hall–Kier alpha value is -3.23. The van der Waals surface area contributed by atoms with E-state index in [0.717, 1.165) is 19.3 Å². The summed E-state index contributed by atoms with van der Waals surface area (Å²) in [5.41, 5.74) is 1.80. The van der Waals surface area contributed by atoms with Crippen LogP contribution in [0.1, 0.15) is 64.0 Å². The summed E-state index contributed by atoms with van der Waals surface area (Å²) in [5.74, 6) is 1.56. The number of nitrogens with one attached hydrogen (secondary N) is 1. The minimum Gasteiger partial charge on any atom is -0.493 e. The second-order valence-electron chi connectivity index (χ2n) is 7.92. The Labute approximate surface area is 195 Å². The zero-order valence-corrected chi connectivity index (χ0v) is 20.1. The molecule has 0 aliphatic carbocycles. The second kappa shape index (κ2) is 11.6. The molecule has 0 amide bonds. The van der Waals surface area contributed by atoms with Crippen LogP contribution in [0.3, 0.4) is 0 Å². The van der Waals surface area contributed by atoms with Gasteiger partial charge in [0.05, 0.1) is 33.5 Å². The van der Waals surface area contributed by atoms with E-state index < -0.39 is 12.0 Å². The first-order chi connectivity index (χ1) is 16.1. The van der Waals surface area contributed by atoms with Gasteiger partial charge in [0.1, 0.15) is 12.4 Å². The Morgan fingerprint density at radius 3 is 2.45 bits per heavy atom. The van der Waals surface area contributed by atoms with Gasteiger partial charge in [0.15, 0.2) is 11.5 Å². The van der Waals surface area contributed by atoms with Gasteiger partial charge >= 0.3 is 5.97 Å². The van der Waals surface area contributed by atoms with E-state index in [-0.39, 0.29) is 0 Å². The smallest absolute Gasteiger partial charge is 0.338 e. The number of aromatic nitrogens is 3. The van der Waals surface area contributed by atoms with Crippen LogP contribution in [0.25, 0.3) is 0 Å². The first kappa shape index (κ1) is 24.4. The van der Waals surface area contributed by atoms with Crippen molar-refractivity contribution in [3.8, 4) is 17.2 Å². The lowest BCUT2D eigenvalue weighted by Crippen LogP contribution is -2.30. The fourth-order valence-electron chi connectivity index (χ4n) is 4.11. The normalized spacial score (nSPS) is 15.0. The molecule has 2 aromatic rings. The molecule has 0 fully saturated rings. The molecule has 0 spiro atoms. The van der Waals surface area contributed by atoms with Gasteiger partial charge in [0.25, 0.3) is 0 Å². The van der Waals surface area contributed by atoms with Gasteiger partial charge < -0.3 is 24.3 Å². The molecule has 1 atom stereocenters. The first-order valence-corrected chi connectivity index (χ1v) is 11.4. The molecule has 2 heterocycles. The van der Waals surface area contributed by atoms with Crippen molar-refractivity contribution < 1.29 is 23.7 Å². The predicted molar refractivity (Wildman–Crippen MR) is 125 cm³/mol. The number of unbranched alkanes of at least 4 members (excludes halogenated alkanes) is 5. The number of ether oxygens (including phenoxy) is 4. The van der Waals surface area contributed by atoms with Gasteiger partial charge in [0, 0.05) is 11.3 Å². The van der Waals surface area contributed by atoms with Crippen molar-refractivity contribution in [3.05, 3.63) is 35.3 Å². The standard InChI is InChI=1S/C24H34N4O5/c1-6-7-8-9-10-11-14-33-23(29)19-16(2)27-24-25-15-26-28(24)20(19)17-12-13-18(30-3)22(32-5)21(17)31-4/h12-13,15,20H,6-11,14H2,1-5H3,(H,25,26,27). The number of anilines is 1. The summed E-state index contributed by atoms with van der Waals surface area (Å²) in [6.07, 6.45) is 8.16. The van der Waals surface area contributed by atoms with E-state index in [4.69, 9.17) is 18.9 Å². The van der Waals surface area contributed by atoms with E-state index in [1.165, 1.54) is 25.6 Å². The number of esters is 1. The Morgan fingerprint density at radius 1 is 1.03 bits per heavy atom. The summed E-state index contributed by atoms with van der Waals surface area (Å²) in [6.45, 7) is 4.40. The topological polar surface area (TPSA) is 96.7 Å². The number of methoxy groups -OCH3 is 3. The van der Waals surface area contributed by atoms with Gasteiger partial charge in [-0.05, 0) is 25.5 Å². The van der Waals surface area contributed by atoms with E-state index in [1.54, 1.807) is 32.1 Å². The van der Waals surface area contributed by atoms with Crippen molar-refractivity contribution in [2.75, 3.05) is 33.3 Å². The maximum atomic E-state index is 13.3. The van der Waals surface area contributed by atoms with E-state index in [9.17, 15) is 4.79 Å². The van der Waals surface area contributed by atoms with E-state index in [0.29, 0.717) is 46.6 Å². The van der Waals surface area contributed by atoms with Gasteiger partial charge in [-0.1, -0.05) is 39.0 Å². The highest BCUT2D eigenvalue weighted by Crippen LogP contribution is 2.46. The summed E-state index contributed by atoms with van der Waals surface area (Å²) in [6, 6.07) is 3.02. The zero-order chi connectivity index (χ0) is 23.8. The lowest BCUT2D eigenvalue weighted by atomic mass is 9.94. The molecule has 0 radical (unpaired) electrons. The Balaban J connectivity index is 1.90. The highest BCUT2D eigenvalue weighted by Gasteiger charge is 2.37. The molecular weight excluding hydrogens is 424 g/mol. The van der Waals surface area contributed by atoms with Crippen molar-refractivity contribution in [1.82, 2.24) is 14.8 Å². The quantitative estimate of drug-likeness (QED) is 0.367. The number of benzene rings is 1. The minimum atomic E-state index is -0.601. The highest BCUT2D eigenvalue weighted by molar-refractivity contribution is 5.92. The molecule has 1 aromatic heterocycles. The number of hydrogen-bond donors (Lipinski definition) is 1. The molecule has 33 heavy (non-hydrogen) atoms. The van der Waals surface area contributed by atoms with Crippen LogP contribution in [-0.4, -0.2) is 48.7 Å². The summed E-state index contributed by atoms with van der Waals surface area (Å²) >= 11 is 0. The van der Waals surface area contributed by atoms with E-state index in [1.807, 2.05) is 13.0 Å². The third-order valence-electron chi connectivity index (χ3n) is 5.77. The summed E-state index contributed by atoms with van der Waals surface area (Å²) < 4.78 is 24.0. The van der Waals surface area contributed by atoms with Crippen molar-refractivity contribution in [3.63, 3.8) is 0 Å². The molecule has 1 aliphatic rings. The van der Waals surface area contributed by atoms with Crippen LogP contribution < -0.4 is 19.5 Å². The maximum absolute atomic E-state index is 13.3. The summed E-state index contributed by atoms with van der Waals surface area (Å²) in [4.78, 5) is 17.5. The van der Waals surface area contributed by atoms with Crippen molar-refractivity contribution in [2.24, 2.45) is 0 Å². The lowest BCUT2D eigenvalue weighted by Gasteiger charge is -2.29. The molecule has 9 heteroatoms. The third-order valence-corrected chi connectivity index (χ3v) is 5.77. The number of rotatable bonds is 12. The molecule has 1 unspecified atom stereocenters. The number of allylic oxidation sites excluding steroid dienone is 1. The summed E-state index contributed by atoms with van der Waals surface area (Å²) in [5, 5.41) is 7.52. The maximum Gasteiger partial charge on any atom is 0.338 e. The van der Waals surface area contributed by atoms with Crippen molar-refractivity contribution in [1.29, 1.82) is 0 Å². The minimum absolute atomic E-state index is 0.377. The lowest BCUT2D eigenvalue weighted by molar-refractivity contribution is -0.139. The Morgan fingerprint density at radius 2 is 1.76 bits per heavy atom. The number of nitrogens with zero attached hydrogens (tertiary/aromatic N) is 3. The largest absolute Gasteiger partial charge is 0.493 e. The fraction of sp³-hybridized carbons (Fsp3) is 0.542. The molecule has 9 nitrogen and oxygen atoms in total. The van der Waals surface area contributed by atoms with Crippen LogP contribution in [0.2, 0.25) is 0 Å². The molecule has 0 bridgehead atoms. The monoisotopic (exact) mass is 458 g/mol. The summed E-state index contributed by atoms with van der Waals surface area (Å²) in [7, 11) is 4.66. The number of carbonyl (C=O) groups is 1. The Kier molecular flexibility index (Phi) is 8.57. The third kappa shape index (κ3) is 5.23. The predicted octanol–water partition coefficient (Wildman–Crippen LogP) is 4.50. The molecule has 1 aliphatic heterocycles. The van der Waals surface area contributed by atoms with E-state index >= 15 is 0 Å².